The van der Waals surface area contributed by atoms with Gasteiger partial charge >= 0.3 is 0 Å². The van der Waals surface area contributed by atoms with E-state index in [1.54, 1.807) is 16.7 Å². The van der Waals surface area contributed by atoms with Crippen molar-refractivity contribution in [3.8, 4) is 0 Å². The summed E-state index contributed by atoms with van der Waals surface area (Å²) in [7, 11) is 0. The first kappa shape index (κ1) is 25.3. The van der Waals surface area contributed by atoms with Crippen molar-refractivity contribution < 1.29 is 9.59 Å². The Balaban J connectivity index is 2.11. The lowest BCUT2D eigenvalue weighted by atomic mass is 10.1. The fourth-order valence-electron chi connectivity index (χ4n) is 3.28. The molecule has 1 N–H and O–H groups in total. The first-order chi connectivity index (χ1) is 14.8. The SMILES string of the molecule is CC[C@H](C(=O)NCC(C)C)N(Cc1cccc(C)c1)C(=O)CCSc1ccc(Cl)cc1. The molecule has 0 unspecified atom stereocenters. The maximum Gasteiger partial charge on any atom is 0.242 e. The van der Waals surface area contributed by atoms with Gasteiger partial charge in [0.15, 0.2) is 0 Å². The van der Waals surface area contributed by atoms with Gasteiger partial charge in [0.05, 0.1) is 0 Å². The van der Waals surface area contributed by atoms with Crippen molar-refractivity contribution >= 4 is 35.2 Å². The fourth-order valence-corrected chi connectivity index (χ4v) is 4.25. The average molecular weight is 461 g/mol. The van der Waals surface area contributed by atoms with Crippen LogP contribution < -0.4 is 5.32 Å². The number of halogens is 1. The number of carbonyl (C=O) groups is 2. The summed E-state index contributed by atoms with van der Waals surface area (Å²) in [5.41, 5.74) is 2.18. The highest BCUT2D eigenvalue weighted by Crippen LogP contribution is 2.22. The van der Waals surface area contributed by atoms with E-state index in [0.717, 1.165) is 16.0 Å². The second kappa shape index (κ2) is 12.8. The molecule has 31 heavy (non-hydrogen) atoms. The Morgan fingerprint density at radius 2 is 1.84 bits per heavy atom. The van der Waals surface area contributed by atoms with Crippen LogP contribution in [0.3, 0.4) is 0 Å². The number of amides is 2. The van der Waals surface area contributed by atoms with E-state index < -0.39 is 6.04 Å². The molecule has 0 bridgehead atoms. The molecule has 6 heteroatoms. The van der Waals surface area contributed by atoms with Gasteiger partial charge in [0.2, 0.25) is 11.8 Å². The number of rotatable bonds is 11. The zero-order chi connectivity index (χ0) is 22.8. The Morgan fingerprint density at radius 1 is 1.13 bits per heavy atom. The summed E-state index contributed by atoms with van der Waals surface area (Å²) < 4.78 is 0. The van der Waals surface area contributed by atoms with Crippen molar-refractivity contribution in [1.29, 1.82) is 0 Å². The van der Waals surface area contributed by atoms with Gasteiger partial charge in [-0.3, -0.25) is 9.59 Å². The Morgan fingerprint density at radius 3 is 2.45 bits per heavy atom. The molecule has 0 heterocycles. The van der Waals surface area contributed by atoms with E-state index in [0.29, 0.717) is 42.6 Å². The van der Waals surface area contributed by atoms with Gasteiger partial charge in [-0.2, -0.15) is 0 Å². The van der Waals surface area contributed by atoms with Crippen LogP contribution in [0.25, 0.3) is 0 Å². The lowest BCUT2D eigenvalue weighted by molar-refractivity contribution is -0.141. The van der Waals surface area contributed by atoms with E-state index in [-0.39, 0.29) is 11.8 Å². The molecule has 0 radical (unpaired) electrons. The third kappa shape index (κ3) is 8.58. The third-order valence-electron chi connectivity index (χ3n) is 4.90. The van der Waals surface area contributed by atoms with Gasteiger partial charge < -0.3 is 10.2 Å². The highest BCUT2D eigenvalue weighted by molar-refractivity contribution is 7.99. The van der Waals surface area contributed by atoms with Crippen LogP contribution in [-0.4, -0.2) is 35.1 Å². The first-order valence-corrected chi connectivity index (χ1v) is 12.2. The van der Waals surface area contributed by atoms with Crippen LogP contribution >= 0.6 is 23.4 Å². The molecule has 168 valence electrons. The molecule has 0 aliphatic carbocycles. The minimum absolute atomic E-state index is 0.00508. The average Bonchev–Trinajstić information content (AvgIpc) is 2.73. The second-order valence-electron chi connectivity index (χ2n) is 8.13. The summed E-state index contributed by atoms with van der Waals surface area (Å²) >= 11 is 7.56. The number of benzene rings is 2. The Kier molecular flexibility index (Phi) is 10.4. The molecule has 0 saturated heterocycles. The van der Waals surface area contributed by atoms with E-state index >= 15 is 0 Å². The highest BCUT2D eigenvalue weighted by Gasteiger charge is 2.28. The minimum Gasteiger partial charge on any atom is -0.354 e. The zero-order valence-corrected chi connectivity index (χ0v) is 20.4. The number of carbonyl (C=O) groups excluding carboxylic acids is 2. The van der Waals surface area contributed by atoms with Gasteiger partial charge in [-0.1, -0.05) is 62.2 Å². The van der Waals surface area contributed by atoms with Crippen LogP contribution in [-0.2, 0) is 16.1 Å². The van der Waals surface area contributed by atoms with E-state index in [4.69, 9.17) is 11.6 Å². The molecule has 0 aliphatic heterocycles. The Bertz CT molecular complexity index is 855. The van der Waals surface area contributed by atoms with Gasteiger partial charge in [-0.15, -0.1) is 11.8 Å². The Hall–Kier alpha value is -1.98. The molecule has 0 fully saturated rings. The minimum atomic E-state index is -0.479. The quantitative estimate of drug-likeness (QED) is 0.437. The van der Waals surface area contributed by atoms with Crippen molar-refractivity contribution in [1.82, 2.24) is 10.2 Å². The third-order valence-corrected chi connectivity index (χ3v) is 6.17. The highest BCUT2D eigenvalue weighted by atomic mass is 35.5. The summed E-state index contributed by atoms with van der Waals surface area (Å²) in [6, 6.07) is 15.2. The topological polar surface area (TPSA) is 49.4 Å². The number of aryl methyl sites for hydroxylation is 1. The van der Waals surface area contributed by atoms with Gasteiger partial charge in [-0.05, 0) is 49.1 Å². The predicted octanol–water partition coefficient (Wildman–Crippen LogP) is 5.71. The molecule has 0 saturated carbocycles. The van der Waals surface area contributed by atoms with Crippen LogP contribution in [0.1, 0.15) is 44.7 Å². The van der Waals surface area contributed by atoms with Gasteiger partial charge in [0.25, 0.3) is 0 Å². The van der Waals surface area contributed by atoms with Crippen molar-refractivity contribution in [3.05, 3.63) is 64.7 Å². The summed E-state index contributed by atoms with van der Waals surface area (Å²) in [6.45, 7) is 9.15. The molecule has 2 amide bonds. The number of hydrogen-bond acceptors (Lipinski definition) is 3. The van der Waals surface area contributed by atoms with Gasteiger partial charge in [0.1, 0.15) is 6.04 Å². The maximum atomic E-state index is 13.2. The van der Waals surface area contributed by atoms with Crippen molar-refractivity contribution in [3.63, 3.8) is 0 Å². The number of thioether (sulfide) groups is 1. The summed E-state index contributed by atoms with van der Waals surface area (Å²) in [4.78, 5) is 28.9. The number of hydrogen-bond donors (Lipinski definition) is 1. The summed E-state index contributed by atoms with van der Waals surface area (Å²) in [5, 5.41) is 3.70. The van der Waals surface area contributed by atoms with E-state index in [1.165, 1.54) is 0 Å². The lowest BCUT2D eigenvalue weighted by Crippen LogP contribution is -2.49. The molecular formula is C25H33ClN2O2S. The van der Waals surface area contributed by atoms with Crippen molar-refractivity contribution in [2.75, 3.05) is 12.3 Å². The van der Waals surface area contributed by atoms with Crippen molar-refractivity contribution in [2.24, 2.45) is 5.92 Å². The van der Waals surface area contributed by atoms with Crippen LogP contribution in [0.4, 0.5) is 0 Å². The standard InChI is InChI=1S/C25H33ClN2O2S/c1-5-23(25(30)27-16-18(2)3)28(17-20-8-6-7-19(4)15-20)24(29)13-14-31-22-11-9-21(26)10-12-22/h6-12,15,18,23H,5,13-14,16-17H2,1-4H3,(H,27,30)/t23-/m1/s1. The molecule has 4 nitrogen and oxygen atoms in total. The molecule has 0 aromatic heterocycles. The molecule has 2 aromatic carbocycles. The Labute approximate surface area is 195 Å². The fraction of sp³-hybridized carbons (Fsp3) is 0.440. The maximum absolute atomic E-state index is 13.2. The molecule has 2 rings (SSSR count). The molecular weight excluding hydrogens is 428 g/mol. The van der Waals surface area contributed by atoms with E-state index in [2.05, 4.69) is 25.2 Å². The van der Waals surface area contributed by atoms with Crippen LogP contribution in [0.5, 0.6) is 0 Å². The first-order valence-electron chi connectivity index (χ1n) is 10.8. The monoisotopic (exact) mass is 460 g/mol. The molecule has 2 aromatic rings. The predicted molar refractivity (Wildman–Crippen MR) is 130 cm³/mol. The molecule has 1 atom stereocenters. The van der Waals surface area contributed by atoms with Crippen LogP contribution in [0, 0.1) is 12.8 Å². The van der Waals surface area contributed by atoms with Crippen molar-refractivity contribution in [2.45, 2.75) is 58.0 Å². The van der Waals surface area contributed by atoms with Gasteiger partial charge in [-0.25, -0.2) is 0 Å². The van der Waals surface area contributed by atoms with E-state index in [1.807, 2.05) is 56.3 Å². The van der Waals surface area contributed by atoms with E-state index in [9.17, 15) is 9.59 Å². The number of nitrogens with one attached hydrogen (secondary N) is 1. The van der Waals surface area contributed by atoms with Gasteiger partial charge in [0, 0.05) is 35.2 Å². The molecule has 0 aliphatic rings. The second-order valence-corrected chi connectivity index (χ2v) is 9.73. The summed E-state index contributed by atoms with van der Waals surface area (Å²) in [6.07, 6.45) is 0.943. The largest absolute Gasteiger partial charge is 0.354 e. The number of nitrogens with zero attached hydrogens (tertiary/aromatic N) is 1. The normalized spacial score (nSPS) is 11.9. The lowest BCUT2D eigenvalue weighted by Gasteiger charge is -2.31. The molecule has 0 spiro atoms. The van der Waals surface area contributed by atoms with Crippen LogP contribution in [0.2, 0.25) is 5.02 Å². The van der Waals surface area contributed by atoms with Crippen LogP contribution in [0.15, 0.2) is 53.4 Å². The summed E-state index contributed by atoms with van der Waals surface area (Å²) in [5.74, 6) is 0.921. The zero-order valence-electron chi connectivity index (χ0n) is 18.9. The smallest absolute Gasteiger partial charge is 0.242 e.